The lowest BCUT2D eigenvalue weighted by Crippen LogP contribution is -1.92. The van der Waals surface area contributed by atoms with Crippen molar-refractivity contribution in [2.45, 2.75) is 6.42 Å². The van der Waals surface area contributed by atoms with E-state index in [0.29, 0.717) is 24.4 Å². The Morgan fingerprint density at radius 3 is 2.70 bits per heavy atom. The van der Waals surface area contributed by atoms with E-state index in [1.165, 1.54) is 30.9 Å². The molecule has 23 heavy (non-hydrogen) atoms. The fourth-order valence-electron chi connectivity index (χ4n) is 2.00. The summed E-state index contributed by atoms with van der Waals surface area (Å²) >= 11 is 0. The highest BCUT2D eigenvalue weighted by atomic mass is 16.7. The number of fused-ring (bicyclic) bond motifs is 1. The number of benzene rings is 2. The summed E-state index contributed by atoms with van der Waals surface area (Å²) in [7, 11) is 1.43. The lowest BCUT2D eigenvalue weighted by Gasteiger charge is -2.01. The summed E-state index contributed by atoms with van der Waals surface area (Å²) in [6, 6.07) is 10.4. The van der Waals surface area contributed by atoms with E-state index in [4.69, 9.17) is 19.3 Å². The van der Waals surface area contributed by atoms with Gasteiger partial charge in [-0.1, -0.05) is 12.1 Å². The van der Waals surface area contributed by atoms with E-state index in [-0.39, 0.29) is 5.75 Å². The van der Waals surface area contributed by atoms with Gasteiger partial charge in [-0.3, -0.25) is 4.79 Å². The molecule has 3 rings (SSSR count). The normalized spacial score (nSPS) is 11.2. The first-order valence-electron chi connectivity index (χ1n) is 6.99. The minimum absolute atomic E-state index is 0.0399. The molecule has 0 amide bonds. The Morgan fingerprint density at radius 1 is 1.22 bits per heavy atom. The number of allylic oxidation sites excluding steroid dienone is 1. The molecule has 1 heterocycles. The van der Waals surface area contributed by atoms with Gasteiger partial charge in [-0.2, -0.15) is 0 Å². The predicted octanol–water partition coefficient (Wildman–Crippen LogP) is 3.36. The molecular formula is C18H18O5. The van der Waals surface area contributed by atoms with Crippen LogP contribution in [0.3, 0.4) is 0 Å². The second-order valence-corrected chi connectivity index (χ2v) is 4.73. The third kappa shape index (κ3) is 4.26. The number of phenolic OH excluding ortho intramolecular Hbond substituents is 1. The van der Waals surface area contributed by atoms with Gasteiger partial charge < -0.3 is 19.3 Å². The standard InChI is InChI=1S/C10H10O2.C8H8O3/c1-2-3-8-4-5-9-10(6-8)12-7-11-9;1-11-8-4-6(5-9)2-3-7(8)10/h2,4-6H,1,3,7H2;2-5,10H,1H3. The second kappa shape index (κ2) is 7.89. The zero-order valence-electron chi connectivity index (χ0n) is 12.8. The summed E-state index contributed by atoms with van der Waals surface area (Å²) in [5.74, 6) is 2.03. The Hall–Kier alpha value is -2.95. The smallest absolute Gasteiger partial charge is 0.231 e. The Balaban J connectivity index is 0.000000168. The average Bonchev–Trinajstić information content (AvgIpc) is 3.04. The maximum absolute atomic E-state index is 10.2. The number of rotatable bonds is 4. The van der Waals surface area contributed by atoms with Gasteiger partial charge in [-0.15, -0.1) is 6.58 Å². The van der Waals surface area contributed by atoms with Crippen molar-refractivity contribution in [3.05, 3.63) is 60.2 Å². The van der Waals surface area contributed by atoms with Crippen molar-refractivity contribution >= 4 is 6.29 Å². The number of methoxy groups -OCH3 is 1. The molecule has 0 atom stereocenters. The van der Waals surface area contributed by atoms with Crippen molar-refractivity contribution in [3.8, 4) is 23.0 Å². The molecule has 0 spiro atoms. The molecule has 0 unspecified atom stereocenters. The molecule has 0 saturated heterocycles. The lowest BCUT2D eigenvalue weighted by molar-refractivity contribution is 0.112. The molecule has 1 N–H and O–H groups in total. The minimum atomic E-state index is 0.0399. The number of hydrogen-bond donors (Lipinski definition) is 1. The van der Waals surface area contributed by atoms with Gasteiger partial charge in [0.05, 0.1) is 7.11 Å². The summed E-state index contributed by atoms with van der Waals surface area (Å²) in [6.07, 6.45) is 3.44. The maximum Gasteiger partial charge on any atom is 0.231 e. The molecule has 5 heteroatoms. The average molecular weight is 314 g/mol. The SMILES string of the molecule is C=CCc1ccc2c(c1)OCO2.COc1cc(C=O)ccc1O. The van der Waals surface area contributed by atoms with Crippen LogP contribution in [-0.4, -0.2) is 25.3 Å². The number of aldehydes is 1. The van der Waals surface area contributed by atoms with E-state index in [0.717, 1.165) is 17.9 Å². The number of aromatic hydroxyl groups is 1. The summed E-state index contributed by atoms with van der Waals surface area (Å²) in [5.41, 5.74) is 1.69. The zero-order chi connectivity index (χ0) is 16.7. The van der Waals surface area contributed by atoms with Crippen LogP contribution in [0.25, 0.3) is 0 Å². The van der Waals surface area contributed by atoms with Gasteiger partial charge in [-0.05, 0) is 42.3 Å². The molecule has 2 aromatic rings. The lowest BCUT2D eigenvalue weighted by atomic mass is 10.1. The van der Waals surface area contributed by atoms with Crippen LogP contribution in [0.4, 0.5) is 0 Å². The van der Waals surface area contributed by atoms with Crippen molar-refractivity contribution in [3.63, 3.8) is 0 Å². The predicted molar refractivity (Wildman–Crippen MR) is 86.5 cm³/mol. The van der Waals surface area contributed by atoms with Crippen LogP contribution in [0.5, 0.6) is 23.0 Å². The Morgan fingerprint density at radius 2 is 2.00 bits per heavy atom. The van der Waals surface area contributed by atoms with E-state index in [9.17, 15) is 4.79 Å². The molecule has 1 aliphatic rings. The molecule has 1 aliphatic heterocycles. The van der Waals surface area contributed by atoms with Gasteiger partial charge in [0.1, 0.15) is 6.29 Å². The van der Waals surface area contributed by atoms with Crippen molar-refractivity contribution in [2.75, 3.05) is 13.9 Å². The third-order valence-corrected chi connectivity index (χ3v) is 3.16. The molecule has 0 bridgehead atoms. The first-order valence-corrected chi connectivity index (χ1v) is 6.99. The van der Waals surface area contributed by atoms with Crippen LogP contribution in [0.2, 0.25) is 0 Å². The van der Waals surface area contributed by atoms with E-state index in [1.807, 2.05) is 24.3 Å². The summed E-state index contributed by atoms with van der Waals surface area (Å²) in [6.45, 7) is 4.02. The molecule has 5 nitrogen and oxygen atoms in total. The summed E-state index contributed by atoms with van der Waals surface area (Å²) < 4.78 is 15.2. The third-order valence-electron chi connectivity index (χ3n) is 3.16. The van der Waals surface area contributed by atoms with E-state index in [1.54, 1.807) is 0 Å². The topological polar surface area (TPSA) is 65.0 Å². The van der Waals surface area contributed by atoms with Crippen LogP contribution in [-0.2, 0) is 6.42 Å². The quantitative estimate of drug-likeness (QED) is 0.692. The Bertz CT molecular complexity index is 694. The molecule has 0 fully saturated rings. The van der Waals surface area contributed by atoms with Crippen molar-refractivity contribution < 1.29 is 24.1 Å². The van der Waals surface area contributed by atoms with E-state index < -0.39 is 0 Å². The van der Waals surface area contributed by atoms with Crippen LogP contribution in [0.15, 0.2) is 49.1 Å². The maximum atomic E-state index is 10.2. The molecule has 0 saturated carbocycles. The van der Waals surface area contributed by atoms with Crippen molar-refractivity contribution in [2.24, 2.45) is 0 Å². The fraction of sp³-hybridized carbons (Fsp3) is 0.167. The molecule has 0 radical (unpaired) electrons. The monoisotopic (exact) mass is 314 g/mol. The zero-order valence-corrected chi connectivity index (χ0v) is 12.8. The molecule has 120 valence electrons. The number of phenols is 1. The minimum Gasteiger partial charge on any atom is -0.504 e. The van der Waals surface area contributed by atoms with Crippen LogP contribution < -0.4 is 14.2 Å². The fourth-order valence-corrected chi connectivity index (χ4v) is 2.00. The number of ether oxygens (including phenoxy) is 3. The highest BCUT2D eigenvalue weighted by molar-refractivity contribution is 5.76. The van der Waals surface area contributed by atoms with Crippen molar-refractivity contribution in [1.82, 2.24) is 0 Å². The molecule has 2 aromatic carbocycles. The number of carbonyl (C=O) groups excluding carboxylic acids is 1. The van der Waals surface area contributed by atoms with E-state index in [2.05, 4.69) is 6.58 Å². The van der Waals surface area contributed by atoms with Crippen LogP contribution in [0, 0.1) is 0 Å². The first-order chi connectivity index (χ1) is 11.2. The Kier molecular flexibility index (Phi) is 5.63. The number of carbonyl (C=O) groups is 1. The second-order valence-electron chi connectivity index (χ2n) is 4.73. The van der Waals surface area contributed by atoms with Gasteiger partial charge in [-0.25, -0.2) is 0 Å². The molecular weight excluding hydrogens is 296 g/mol. The van der Waals surface area contributed by atoms with Gasteiger partial charge in [0.15, 0.2) is 23.0 Å². The van der Waals surface area contributed by atoms with Gasteiger partial charge in [0, 0.05) is 5.56 Å². The van der Waals surface area contributed by atoms with Gasteiger partial charge in [0.2, 0.25) is 6.79 Å². The van der Waals surface area contributed by atoms with E-state index >= 15 is 0 Å². The Labute approximate surface area is 134 Å². The summed E-state index contributed by atoms with van der Waals surface area (Å²) in [5, 5.41) is 9.09. The first kappa shape index (κ1) is 16.4. The van der Waals surface area contributed by atoms with Crippen LogP contribution in [0.1, 0.15) is 15.9 Å². The van der Waals surface area contributed by atoms with Crippen molar-refractivity contribution in [1.29, 1.82) is 0 Å². The number of hydrogen-bond acceptors (Lipinski definition) is 5. The van der Waals surface area contributed by atoms with Gasteiger partial charge >= 0.3 is 0 Å². The summed E-state index contributed by atoms with van der Waals surface area (Å²) in [4.78, 5) is 10.2. The highest BCUT2D eigenvalue weighted by Gasteiger charge is 2.12. The van der Waals surface area contributed by atoms with Crippen LogP contribution >= 0.6 is 0 Å². The largest absolute Gasteiger partial charge is 0.504 e. The van der Waals surface area contributed by atoms with Gasteiger partial charge in [0.25, 0.3) is 0 Å². The highest BCUT2D eigenvalue weighted by Crippen LogP contribution is 2.32. The molecule has 0 aliphatic carbocycles. The molecule has 0 aromatic heterocycles.